The molecule has 0 N–H and O–H groups in total. The van der Waals surface area contributed by atoms with Crippen molar-refractivity contribution in [3.8, 4) is 0 Å². The van der Waals surface area contributed by atoms with Gasteiger partial charge in [0, 0.05) is 6.92 Å². The molecule has 0 amide bonds. The van der Waals surface area contributed by atoms with Crippen LogP contribution in [0.3, 0.4) is 0 Å². The molecule has 0 saturated heterocycles. The van der Waals surface area contributed by atoms with E-state index >= 15 is 0 Å². The number of esters is 1. The van der Waals surface area contributed by atoms with Crippen molar-refractivity contribution in [3.05, 3.63) is 34.2 Å². The smallest absolute Gasteiger partial charge is 0.302 e. The molecule has 2 nitrogen and oxygen atoms in total. The van der Waals surface area contributed by atoms with Gasteiger partial charge in [-0.1, -0.05) is 24.3 Å². The first-order chi connectivity index (χ1) is 7.25. The minimum Gasteiger partial charge on any atom is -0.461 e. The van der Waals surface area contributed by atoms with Gasteiger partial charge >= 0.3 is 5.97 Å². The predicted octanol–water partition coefficient (Wildman–Crippen LogP) is 1.10. The Balaban J connectivity index is 2.26. The van der Waals surface area contributed by atoms with E-state index in [-0.39, 0.29) is 5.97 Å². The van der Waals surface area contributed by atoms with E-state index in [1.807, 2.05) is 6.07 Å². The maximum Gasteiger partial charge on any atom is 0.302 e. The van der Waals surface area contributed by atoms with Crippen LogP contribution >= 0.6 is 0 Å². The van der Waals surface area contributed by atoms with Gasteiger partial charge in [0.15, 0.2) is 0 Å². The maximum absolute atomic E-state index is 10.7. The van der Waals surface area contributed by atoms with Gasteiger partial charge in [0.25, 0.3) is 0 Å². The van der Waals surface area contributed by atoms with Crippen LogP contribution in [-0.4, -0.2) is 5.97 Å². The summed E-state index contributed by atoms with van der Waals surface area (Å²) >= 11 is 0. The summed E-state index contributed by atoms with van der Waals surface area (Å²) in [4.78, 5) is 10.7. The van der Waals surface area contributed by atoms with Crippen LogP contribution in [0, 0.1) is 0 Å². The van der Waals surface area contributed by atoms with Crippen LogP contribution < -0.4 is 10.4 Å². The van der Waals surface area contributed by atoms with Crippen LogP contribution in [0.15, 0.2) is 18.2 Å². The lowest BCUT2D eigenvalue weighted by Gasteiger charge is -2.04. The average Bonchev–Trinajstić information content (AvgIpc) is 2.26. The third-order valence-electron chi connectivity index (χ3n) is 2.49. The van der Waals surface area contributed by atoms with Gasteiger partial charge in [0.2, 0.25) is 0 Å². The third-order valence-corrected chi connectivity index (χ3v) is 2.49. The zero-order chi connectivity index (χ0) is 10.7. The second kappa shape index (κ2) is 4.30. The first-order valence-electron chi connectivity index (χ1n) is 5.18. The fourth-order valence-electron chi connectivity index (χ4n) is 1.74. The molecular weight excluding hydrogens is 188 g/mol. The topological polar surface area (TPSA) is 26.3 Å². The SMILES string of the molecule is CC(=O)OCc1ccc2c(c1)=CCCC=2. The molecule has 0 aromatic heterocycles. The molecule has 2 rings (SSSR count). The van der Waals surface area contributed by atoms with E-state index in [9.17, 15) is 4.79 Å². The first kappa shape index (κ1) is 9.97. The number of carbonyl (C=O) groups is 1. The minimum atomic E-state index is -0.233. The van der Waals surface area contributed by atoms with Crippen molar-refractivity contribution >= 4 is 18.1 Å². The van der Waals surface area contributed by atoms with Crippen molar-refractivity contribution in [1.82, 2.24) is 0 Å². The number of carbonyl (C=O) groups excluding carboxylic acids is 1. The van der Waals surface area contributed by atoms with Crippen molar-refractivity contribution in [3.63, 3.8) is 0 Å². The first-order valence-corrected chi connectivity index (χ1v) is 5.18. The summed E-state index contributed by atoms with van der Waals surface area (Å²) in [7, 11) is 0. The van der Waals surface area contributed by atoms with Crippen molar-refractivity contribution in [2.24, 2.45) is 0 Å². The largest absolute Gasteiger partial charge is 0.461 e. The molecule has 0 bridgehead atoms. The zero-order valence-electron chi connectivity index (χ0n) is 8.82. The predicted molar refractivity (Wildman–Crippen MR) is 59.3 cm³/mol. The van der Waals surface area contributed by atoms with Crippen molar-refractivity contribution < 1.29 is 9.53 Å². The molecule has 0 atom stereocenters. The Morgan fingerprint density at radius 1 is 1.27 bits per heavy atom. The quantitative estimate of drug-likeness (QED) is 0.671. The van der Waals surface area contributed by atoms with Gasteiger partial charge in [-0.25, -0.2) is 0 Å². The molecule has 1 aliphatic carbocycles. The molecule has 0 spiro atoms. The van der Waals surface area contributed by atoms with E-state index in [0.29, 0.717) is 6.61 Å². The van der Waals surface area contributed by atoms with Crippen LogP contribution in [0.25, 0.3) is 12.2 Å². The van der Waals surface area contributed by atoms with E-state index in [2.05, 4.69) is 24.3 Å². The van der Waals surface area contributed by atoms with Gasteiger partial charge in [-0.3, -0.25) is 4.79 Å². The molecule has 1 aliphatic rings. The van der Waals surface area contributed by atoms with Gasteiger partial charge in [-0.15, -0.1) is 0 Å². The van der Waals surface area contributed by atoms with Gasteiger partial charge < -0.3 is 4.74 Å². The number of rotatable bonds is 2. The molecule has 0 fully saturated rings. The summed E-state index contributed by atoms with van der Waals surface area (Å²) in [5, 5.41) is 2.54. The van der Waals surface area contributed by atoms with Gasteiger partial charge in [-0.05, 0) is 34.9 Å². The van der Waals surface area contributed by atoms with E-state index < -0.39 is 0 Å². The molecule has 0 heterocycles. The summed E-state index contributed by atoms with van der Waals surface area (Å²) in [5.41, 5.74) is 1.05. The highest BCUT2D eigenvalue weighted by molar-refractivity contribution is 5.65. The van der Waals surface area contributed by atoms with Crippen LogP contribution in [-0.2, 0) is 16.1 Å². The molecular formula is C13H14O2. The number of hydrogen-bond donors (Lipinski definition) is 0. The second-order valence-electron chi connectivity index (χ2n) is 3.73. The highest BCUT2D eigenvalue weighted by Gasteiger charge is 1.98. The lowest BCUT2D eigenvalue weighted by atomic mass is 10.1. The number of fused-ring (bicyclic) bond motifs is 1. The zero-order valence-corrected chi connectivity index (χ0v) is 8.82. The molecule has 1 aromatic carbocycles. The highest BCUT2D eigenvalue weighted by atomic mass is 16.5. The molecule has 0 aliphatic heterocycles. The number of ether oxygens (including phenoxy) is 1. The fraction of sp³-hybridized carbons (Fsp3) is 0.308. The molecule has 0 saturated carbocycles. The Hall–Kier alpha value is -1.57. The Labute approximate surface area is 88.9 Å². The Morgan fingerprint density at radius 2 is 2.00 bits per heavy atom. The van der Waals surface area contributed by atoms with Crippen LogP contribution in [0.1, 0.15) is 25.3 Å². The fourth-order valence-corrected chi connectivity index (χ4v) is 1.74. The molecule has 0 unspecified atom stereocenters. The maximum atomic E-state index is 10.7. The molecule has 15 heavy (non-hydrogen) atoms. The van der Waals surface area contributed by atoms with Gasteiger partial charge in [0.1, 0.15) is 6.61 Å². The summed E-state index contributed by atoms with van der Waals surface area (Å²) in [5.74, 6) is -0.233. The van der Waals surface area contributed by atoms with E-state index in [1.54, 1.807) is 0 Å². The molecule has 2 heteroatoms. The minimum absolute atomic E-state index is 0.233. The molecule has 0 radical (unpaired) electrons. The molecule has 78 valence electrons. The Bertz CT molecular complexity index is 486. The number of benzene rings is 1. The van der Waals surface area contributed by atoms with Crippen molar-refractivity contribution in [1.29, 1.82) is 0 Å². The number of hydrogen-bond acceptors (Lipinski definition) is 2. The standard InChI is InChI=1S/C13H14O2/c1-10(14)15-9-11-6-7-12-4-2-3-5-13(12)8-11/h4-8H,2-3,9H2,1H3. The van der Waals surface area contributed by atoms with E-state index in [4.69, 9.17) is 4.74 Å². The lowest BCUT2D eigenvalue weighted by molar-refractivity contribution is -0.142. The van der Waals surface area contributed by atoms with Crippen molar-refractivity contribution in [2.45, 2.75) is 26.4 Å². The van der Waals surface area contributed by atoms with Gasteiger partial charge in [0.05, 0.1) is 0 Å². The molecule has 1 aromatic rings. The third kappa shape index (κ3) is 2.46. The summed E-state index contributed by atoms with van der Waals surface area (Å²) in [6, 6.07) is 6.19. The summed E-state index contributed by atoms with van der Waals surface area (Å²) < 4.78 is 4.96. The second-order valence-corrected chi connectivity index (χ2v) is 3.73. The Kier molecular flexibility index (Phi) is 2.86. The highest BCUT2D eigenvalue weighted by Crippen LogP contribution is 1.99. The summed E-state index contributed by atoms with van der Waals surface area (Å²) in [6.07, 6.45) is 6.69. The van der Waals surface area contributed by atoms with Crippen LogP contribution in [0.4, 0.5) is 0 Å². The van der Waals surface area contributed by atoms with E-state index in [1.165, 1.54) is 17.4 Å². The van der Waals surface area contributed by atoms with Crippen LogP contribution in [0.5, 0.6) is 0 Å². The average molecular weight is 202 g/mol. The Morgan fingerprint density at radius 3 is 2.73 bits per heavy atom. The normalized spacial score (nSPS) is 13.4. The van der Waals surface area contributed by atoms with Gasteiger partial charge in [-0.2, -0.15) is 0 Å². The summed E-state index contributed by atoms with van der Waals surface area (Å²) in [6.45, 7) is 1.80. The lowest BCUT2D eigenvalue weighted by Crippen LogP contribution is -2.26. The van der Waals surface area contributed by atoms with Crippen molar-refractivity contribution in [2.75, 3.05) is 0 Å². The van der Waals surface area contributed by atoms with E-state index in [0.717, 1.165) is 18.4 Å². The monoisotopic (exact) mass is 202 g/mol. The van der Waals surface area contributed by atoms with Crippen LogP contribution in [0.2, 0.25) is 0 Å².